The molecule has 0 atom stereocenters. The summed E-state index contributed by atoms with van der Waals surface area (Å²) < 4.78 is 55.3. The van der Waals surface area contributed by atoms with Crippen LogP contribution in [-0.2, 0) is 26.5 Å². The Labute approximate surface area is 178 Å². The first-order chi connectivity index (χ1) is 13.8. The van der Waals surface area contributed by atoms with Gasteiger partial charge in [0.2, 0.25) is 0 Å². The molecule has 10 heteroatoms. The molecule has 0 aliphatic carbocycles. The number of fused-ring (bicyclic) bond motifs is 1. The zero-order valence-electron chi connectivity index (χ0n) is 15.1. The fraction of sp³-hybridized carbons (Fsp3) is 0.158. The maximum atomic E-state index is 13.0. The van der Waals surface area contributed by atoms with Crippen LogP contribution in [0.4, 0.5) is 11.4 Å². The van der Waals surface area contributed by atoms with Gasteiger partial charge in [-0.25, -0.2) is 16.8 Å². The van der Waals surface area contributed by atoms with Gasteiger partial charge >= 0.3 is 0 Å². The van der Waals surface area contributed by atoms with Gasteiger partial charge in [-0.1, -0.05) is 17.7 Å². The van der Waals surface area contributed by atoms with Crippen LogP contribution >= 0.6 is 22.9 Å². The van der Waals surface area contributed by atoms with Crippen molar-refractivity contribution in [1.29, 1.82) is 0 Å². The number of nitrogens with zero attached hydrogens (tertiary/aromatic N) is 1. The highest BCUT2D eigenvalue weighted by Crippen LogP contribution is 2.35. The SMILES string of the molecule is O=S(=O)(Nc1ccc2c(c1)CCCN2S(=O)(=O)c1cccs1)c1ccc(Cl)cc1. The Morgan fingerprint density at radius 3 is 2.45 bits per heavy atom. The van der Waals surface area contributed by atoms with Crippen LogP contribution in [0.25, 0.3) is 0 Å². The van der Waals surface area contributed by atoms with Crippen LogP contribution in [0, 0.1) is 0 Å². The molecule has 152 valence electrons. The average Bonchev–Trinajstić information content (AvgIpc) is 3.23. The maximum absolute atomic E-state index is 13.0. The molecule has 1 aliphatic heterocycles. The number of anilines is 2. The van der Waals surface area contributed by atoms with E-state index >= 15 is 0 Å². The first kappa shape index (κ1) is 20.2. The van der Waals surface area contributed by atoms with E-state index in [-0.39, 0.29) is 9.10 Å². The number of sulfonamides is 2. The molecule has 2 heterocycles. The van der Waals surface area contributed by atoms with Gasteiger partial charge < -0.3 is 0 Å². The fourth-order valence-electron chi connectivity index (χ4n) is 3.22. The molecule has 0 unspecified atom stereocenters. The zero-order valence-corrected chi connectivity index (χ0v) is 18.3. The van der Waals surface area contributed by atoms with Crippen molar-refractivity contribution in [2.24, 2.45) is 0 Å². The molecule has 29 heavy (non-hydrogen) atoms. The van der Waals surface area contributed by atoms with Crippen molar-refractivity contribution >= 4 is 54.4 Å². The minimum Gasteiger partial charge on any atom is -0.280 e. The van der Waals surface area contributed by atoms with Crippen molar-refractivity contribution < 1.29 is 16.8 Å². The Kier molecular flexibility index (Phi) is 5.32. The first-order valence-corrected chi connectivity index (χ1v) is 12.9. The molecule has 0 saturated carbocycles. The predicted molar refractivity (Wildman–Crippen MR) is 116 cm³/mol. The van der Waals surface area contributed by atoms with Crippen molar-refractivity contribution in [3.05, 3.63) is 70.6 Å². The van der Waals surface area contributed by atoms with E-state index in [9.17, 15) is 16.8 Å². The standard InChI is InChI=1S/C19H17ClN2O4S3/c20-15-5-8-17(9-6-15)28(23,24)21-16-7-10-18-14(13-16)3-1-11-22(18)29(25,26)19-4-2-12-27-19/h2,4-10,12-13,21H,1,3,11H2. The lowest BCUT2D eigenvalue weighted by Gasteiger charge is -2.30. The summed E-state index contributed by atoms with van der Waals surface area (Å²) >= 11 is 7.00. The highest BCUT2D eigenvalue weighted by atomic mass is 35.5. The molecule has 0 fully saturated rings. The summed E-state index contributed by atoms with van der Waals surface area (Å²) in [5, 5.41) is 2.18. The minimum atomic E-state index is -3.77. The van der Waals surface area contributed by atoms with Crippen LogP contribution in [0.1, 0.15) is 12.0 Å². The van der Waals surface area contributed by atoms with E-state index in [1.165, 1.54) is 39.9 Å². The van der Waals surface area contributed by atoms with Gasteiger partial charge in [-0.3, -0.25) is 9.03 Å². The maximum Gasteiger partial charge on any atom is 0.273 e. The molecule has 1 N–H and O–H groups in total. The Balaban J connectivity index is 1.65. The van der Waals surface area contributed by atoms with E-state index < -0.39 is 20.0 Å². The average molecular weight is 469 g/mol. The third-order valence-electron chi connectivity index (χ3n) is 4.57. The summed E-state index contributed by atoms with van der Waals surface area (Å²) in [6, 6.07) is 14.1. The topological polar surface area (TPSA) is 83.6 Å². The third kappa shape index (κ3) is 4.00. The Morgan fingerprint density at radius 2 is 1.76 bits per heavy atom. The van der Waals surface area contributed by atoms with Gasteiger partial charge in [0.15, 0.2) is 0 Å². The van der Waals surface area contributed by atoms with Gasteiger partial charge in [0.1, 0.15) is 4.21 Å². The van der Waals surface area contributed by atoms with Gasteiger partial charge in [-0.05, 0) is 72.3 Å². The summed E-state index contributed by atoms with van der Waals surface area (Å²) in [4.78, 5) is 0.0986. The normalized spacial score (nSPS) is 14.4. The third-order valence-corrected chi connectivity index (χ3v) is 9.41. The van der Waals surface area contributed by atoms with Crippen LogP contribution < -0.4 is 9.03 Å². The zero-order chi connectivity index (χ0) is 20.6. The lowest BCUT2D eigenvalue weighted by atomic mass is 10.0. The van der Waals surface area contributed by atoms with Crippen molar-refractivity contribution in [1.82, 2.24) is 0 Å². The van der Waals surface area contributed by atoms with Gasteiger partial charge in [-0.15, -0.1) is 11.3 Å². The number of aryl methyl sites for hydroxylation is 1. The lowest BCUT2D eigenvalue weighted by Crippen LogP contribution is -2.35. The van der Waals surface area contributed by atoms with Gasteiger partial charge in [0.25, 0.3) is 20.0 Å². The second kappa shape index (κ2) is 7.64. The molecular formula is C19H17ClN2O4S3. The number of thiophene rings is 1. The minimum absolute atomic E-state index is 0.0986. The first-order valence-electron chi connectivity index (χ1n) is 8.75. The number of hydrogen-bond acceptors (Lipinski definition) is 5. The van der Waals surface area contributed by atoms with E-state index in [0.29, 0.717) is 35.8 Å². The van der Waals surface area contributed by atoms with E-state index in [2.05, 4.69) is 4.72 Å². The van der Waals surface area contributed by atoms with E-state index in [1.54, 1.807) is 35.7 Å². The second-order valence-corrected chi connectivity index (χ2v) is 11.7. The number of halogens is 1. The summed E-state index contributed by atoms with van der Waals surface area (Å²) in [6.07, 6.45) is 1.33. The molecule has 2 aromatic carbocycles. The molecule has 0 radical (unpaired) electrons. The summed E-state index contributed by atoms with van der Waals surface area (Å²) in [5.74, 6) is 0. The van der Waals surface area contributed by atoms with Gasteiger partial charge in [-0.2, -0.15) is 0 Å². The van der Waals surface area contributed by atoms with E-state index in [0.717, 1.165) is 5.56 Å². The Hall–Kier alpha value is -2.07. The number of nitrogens with one attached hydrogen (secondary N) is 1. The predicted octanol–water partition coefficient (Wildman–Crippen LogP) is 4.34. The molecule has 0 amide bonds. The largest absolute Gasteiger partial charge is 0.280 e. The molecule has 4 rings (SSSR count). The molecule has 0 saturated heterocycles. The van der Waals surface area contributed by atoms with Crippen molar-refractivity contribution in [3.8, 4) is 0 Å². The quantitative estimate of drug-likeness (QED) is 0.603. The molecule has 3 aromatic rings. The highest BCUT2D eigenvalue weighted by Gasteiger charge is 2.30. The summed E-state index contributed by atoms with van der Waals surface area (Å²) in [7, 11) is -7.40. The van der Waals surface area contributed by atoms with Crippen LogP contribution in [0.5, 0.6) is 0 Å². The highest BCUT2D eigenvalue weighted by molar-refractivity contribution is 7.94. The summed E-state index contributed by atoms with van der Waals surface area (Å²) in [6.45, 7) is 0.392. The van der Waals surface area contributed by atoms with Crippen LogP contribution in [0.2, 0.25) is 5.02 Å². The van der Waals surface area contributed by atoms with Crippen LogP contribution in [0.3, 0.4) is 0 Å². The summed E-state index contributed by atoms with van der Waals surface area (Å²) in [5.41, 5.74) is 1.75. The number of rotatable bonds is 5. The molecule has 1 aliphatic rings. The second-order valence-electron chi connectivity index (χ2n) is 6.52. The van der Waals surface area contributed by atoms with Crippen LogP contribution in [0.15, 0.2) is 69.1 Å². The smallest absolute Gasteiger partial charge is 0.273 e. The molecule has 0 spiro atoms. The number of hydrogen-bond donors (Lipinski definition) is 1. The molecule has 1 aromatic heterocycles. The van der Waals surface area contributed by atoms with Gasteiger partial charge in [0.05, 0.1) is 10.6 Å². The van der Waals surface area contributed by atoms with E-state index in [4.69, 9.17) is 11.6 Å². The van der Waals surface area contributed by atoms with Gasteiger partial charge in [0, 0.05) is 17.3 Å². The van der Waals surface area contributed by atoms with Crippen molar-refractivity contribution in [2.75, 3.05) is 15.6 Å². The molecule has 0 bridgehead atoms. The fourth-order valence-corrected chi connectivity index (χ4v) is 7.04. The number of benzene rings is 2. The van der Waals surface area contributed by atoms with E-state index in [1.807, 2.05) is 0 Å². The molecular weight excluding hydrogens is 452 g/mol. The Morgan fingerprint density at radius 1 is 1.00 bits per heavy atom. The van der Waals surface area contributed by atoms with Crippen molar-refractivity contribution in [3.63, 3.8) is 0 Å². The molecule has 6 nitrogen and oxygen atoms in total. The monoisotopic (exact) mass is 468 g/mol. The lowest BCUT2D eigenvalue weighted by molar-refractivity contribution is 0.588. The van der Waals surface area contributed by atoms with Crippen LogP contribution in [-0.4, -0.2) is 23.4 Å². The van der Waals surface area contributed by atoms with Crippen molar-refractivity contribution in [2.45, 2.75) is 21.9 Å². The Bertz CT molecular complexity index is 1240.